The van der Waals surface area contributed by atoms with Crippen LogP contribution < -0.4 is 5.32 Å². The fraction of sp³-hybridized carbons (Fsp3) is 0.929. The lowest BCUT2D eigenvalue weighted by molar-refractivity contribution is -0.306. The van der Waals surface area contributed by atoms with Gasteiger partial charge in [0, 0.05) is 84.3 Å². The minimum Gasteiger partial charge on any atom is -0.392 e. The van der Waals surface area contributed by atoms with E-state index in [1.165, 1.54) is 0 Å². The molecule has 0 bridgehead atoms. The van der Waals surface area contributed by atoms with Crippen molar-refractivity contribution >= 4 is 17.7 Å². The second-order valence-corrected chi connectivity index (χ2v) is 17.9. The molecule has 0 radical (unpaired) electrons. The molecule has 4 aliphatic rings. The monoisotopic (exact) mass is 815 g/mol. The summed E-state index contributed by atoms with van der Waals surface area (Å²) in [4.78, 5) is 44.2. The van der Waals surface area contributed by atoms with Crippen molar-refractivity contribution in [3.8, 4) is 0 Å². The predicted molar refractivity (Wildman–Crippen MR) is 216 cm³/mol. The topological polar surface area (TPSA) is 180 Å². The summed E-state index contributed by atoms with van der Waals surface area (Å²) in [7, 11) is 7.37. The van der Waals surface area contributed by atoms with Crippen LogP contribution in [0.3, 0.4) is 0 Å². The molecule has 57 heavy (non-hydrogen) atoms. The second kappa shape index (κ2) is 22.1. The number of nitrogens with zero attached hydrogens (tertiary/aromatic N) is 3. The van der Waals surface area contributed by atoms with Crippen molar-refractivity contribution in [2.75, 3.05) is 61.1 Å². The first-order chi connectivity index (χ1) is 26.7. The maximum atomic E-state index is 13.8. The van der Waals surface area contributed by atoms with Crippen molar-refractivity contribution in [2.24, 2.45) is 17.8 Å². The van der Waals surface area contributed by atoms with E-state index in [2.05, 4.69) is 10.2 Å². The van der Waals surface area contributed by atoms with Crippen LogP contribution in [0.15, 0.2) is 0 Å². The lowest BCUT2D eigenvalue weighted by atomic mass is 9.77. The molecule has 4 aliphatic heterocycles. The summed E-state index contributed by atoms with van der Waals surface area (Å²) in [6, 6.07) is -0.233. The number of aliphatic hydroxyl groups excluding tert-OH is 2. The van der Waals surface area contributed by atoms with Crippen LogP contribution in [0, 0.1) is 17.8 Å². The van der Waals surface area contributed by atoms with E-state index >= 15 is 0 Å². The Kier molecular flexibility index (Phi) is 19.1. The Labute approximate surface area is 342 Å². The van der Waals surface area contributed by atoms with E-state index in [1.807, 2.05) is 55.6 Å². The van der Waals surface area contributed by atoms with Crippen LogP contribution in [0.25, 0.3) is 0 Å². The molecule has 0 aliphatic carbocycles. The van der Waals surface area contributed by atoms with Gasteiger partial charge in [0.2, 0.25) is 17.7 Å². The molecule has 15 nitrogen and oxygen atoms in total. The first-order valence-electron chi connectivity index (χ1n) is 21.3. The molecule has 4 heterocycles. The van der Waals surface area contributed by atoms with Crippen LogP contribution in [0.4, 0.5) is 0 Å². The smallest absolute Gasteiger partial charge is 0.228 e. The molecule has 0 saturated carbocycles. The number of hydrogen-bond donors (Lipinski definition) is 4. The van der Waals surface area contributed by atoms with E-state index in [-0.39, 0.29) is 54.4 Å². The molecule has 4 fully saturated rings. The predicted octanol–water partition coefficient (Wildman–Crippen LogP) is 2.56. The number of fused-ring (bicyclic) bond motifs is 1. The fourth-order valence-corrected chi connectivity index (χ4v) is 9.05. The quantitative estimate of drug-likeness (QED) is 0.238. The van der Waals surface area contributed by atoms with Gasteiger partial charge in [0.05, 0.1) is 41.5 Å². The zero-order chi connectivity index (χ0) is 42.8. The third-order valence-corrected chi connectivity index (χ3v) is 12.7. The zero-order valence-corrected chi connectivity index (χ0v) is 37.1. The van der Waals surface area contributed by atoms with E-state index < -0.39 is 53.7 Å². The van der Waals surface area contributed by atoms with Gasteiger partial charge in [-0.3, -0.25) is 14.4 Å². The van der Waals surface area contributed by atoms with E-state index in [1.54, 1.807) is 37.8 Å². The molecule has 4 saturated heterocycles. The Bertz CT molecular complexity index is 1270. The summed E-state index contributed by atoms with van der Waals surface area (Å²) in [5.74, 6) is -1.72. The Balaban J connectivity index is 0.000000679. The fourth-order valence-electron chi connectivity index (χ4n) is 9.05. The van der Waals surface area contributed by atoms with Crippen molar-refractivity contribution in [3.63, 3.8) is 0 Å². The van der Waals surface area contributed by atoms with E-state index in [9.17, 15) is 29.7 Å². The molecule has 0 spiro atoms. The number of hydrogen-bond acceptors (Lipinski definition) is 12. The average Bonchev–Trinajstić information content (AvgIpc) is 3.62. The van der Waals surface area contributed by atoms with Gasteiger partial charge in [-0.1, -0.05) is 27.7 Å². The van der Waals surface area contributed by atoms with Crippen LogP contribution in [-0.4, -0.2) is 175 Å². The molecule has 0 aromatic carbocycles. The number of carbonyl (C=O) groups is 3. The number of rotatable bonds is 10. The summed E-state index contributed by atoms with van der Waals surface area (Å²) >= 11 is 0. The first kappa shape index (κ1) is 49.4. The second-order valence-electron chi connectivity index (χ2n) is 17.9. The van der Waals surface area contributed by atoms with Crippen LogP contribution in [0.5, 0.6) is 0 Å². The molecule has 15 heteroatoms. The lowest BCUT2D eigenvalue weighted by Gasteiger charge is -2.48. The molecule has 332 valence electrons. The van der Waals surface area contributed by atoms with Crippen molar-refractivity contribution in [3.05, 3.63) is 0 Å². The number of ether oxygens (including phenoxy) is 5. The van der Waals surface area contributed by atoms with Crippen LogP contribution in [0.1, 0.15) is 107 Å². The highest BCUT2D eigenvalue weighted by atomic mass is 16.7. The van der Waals surface area contributed by atoms with Crippen LogP contribution in [0.2, 0.25) is 0 Å². The van der Waals surface area contributed by atoms with Crippen molar-refractivity contribution in [1.29, 1.82) is 0 Å². The summed E-state index contributed by atoms with van der Waals surface area (Å²) in [5, 5.41) is 36.4. The van der Waals surface area contributed by atoms with Gasteiger partial charge in [-0.25, -0.2) is 0 Å². The largest absolute Gasteiger partial charge is 0.392 e. The molecule has 0 aromatic rings. The maximum Gasteiger partial charge on any atom is 0.228 e. The summed E-state index contributed by atoms with van der Waals surface area (Å²) in [6.07, 6.45) is 0.444. The van der Waals surface area contributed by atoms with Gasteiger partial charge in [0.25, 0.3) is 0 Å². The van der Waals surface area contributed by atoms with Crippen molar-refractivity contribution in [2.45, 2.75) is 173 Å². The van der Waals surface area contributed by atoms with Gasteiger partial charge >= 0.3 is 0 Å². The Morgan fingerprint density at radius 2 is 1.79 bits per heavy atom. The maximum absolute atomic E-state index is 13.8. The third-order valence-electron chi connectivity index (χ3n) is 12.7. The molecule has 4 N–H and O–H groups in total. The molecule has 3 amide bonds. The molecule has 1 unspecified atom stereocenters. The Hall–Kier alpha value is -1.95. The van der Waals surface area contributed by atoms with Gasteiger partial charge in [0.1, 0.15) is 12.2 Å². The average molecular weight is 815 g/mol. The highest BCUT2D eigenvalue weighted by Gasteiger charge is 2.49. The normalized spacial score (nSPS) is 39.9. The number of methoxy groups -OCH3 is 1. The van der Waals surface area contributed by atoms with Crippen LogP contribution >= 0.6 is 0 Å². The number of nitrogens with one attached hydrogen (secondary N) is 1. The molecular formula is C42H78N4O11. The van der Waals surface area contributed by atoms with E-state index in [0.29, 0.717) is 58.5 Å². The van der Waals surface area contributed by atoms with E-state index in [4.69, 9.17) is 23.7 Å². The van der Waals surface area contributed by atoms with Gasteiger partial charge < -0.3 is 59.0 Å². The van der Waals surface area contributed by atoms with Crippen molar-refractivity contribution in [1.82, 2.24) is 20.0 Å². The van der Waals surface area contributed by atoms with Gasteiger partial charge in [-0.05, 0) is 79.8 Å². The Morgan fingerprint density at radius 1 is 1.11 bits per heavy atom. The van der Waals surface area contributed by atoms with Gasteiger partial charge in [-0.15, -0.1) is 0 Å². The summed E-state index contributed by atoms with van der Waals surface area (Å²) in [5.41, 5.74) is -1.86. The zero-order valence-electron chi connectivity index (χ0n) is 37.1. The SMILES string of the molecule is CCC(=O)NCCCO[C@H]1[C@H](O[C@@H]2[C@@H](C)[C@H](O)[C@@H](C)C(=O)N3CCC[C@H]3CC(=O)N(C)C[C@H](C)C[C@@]2(C)O)O[C@H](C)C[C@@H]1N(C)C.CO[C@]1(C)CCO[C@@H](C)C1O. The van der Waals surface area contributed by atoms with Gasteiger partial charge in [-0.2, -0.15) is 0 Å². The summed E-state index contributed by atoms with van der Waals surface area (Å²) in [6.45, 7) is 17.3. The lowest BCUT2D eigenvalue weighted by Crippen LogP contribution is -2.60. The summed E-state index contributed by atoms with van der Waals surface area (Å²) < 4.78 is 30.1. The van der Waals surface area contributed by atoms with Crippen LogP contribution in [-0.2, 0) is 38.1 Å². The highest BCUT2D eigenvalue weighted by molar-refractivity contribution is 5.82. The van der Waals surface area contributed by atoms with Crippen molar-refractivity contribution < 1.29 is 53.4 Å². The number of aliphatic hydroxyl groups is 3. The minimum atomic E-state index is -1.45. The molecule has 4 rings (SSSR count). The standard InChI is InChI=1S/C34H62N4O8.C8H16O3/c1-10-27(39)35-14-12-16-44-30-26(36(7)8)17-22(3)45-33(30)46-31-23(4)29(41)24(5)32(42)38-15-11-13-25(38)18-28(40)37(9)20-21(2)19-34(31,6)43;1-6-7(9)8(2,10-3)4-5-11-6/h21-26,29-31,33,41,43H,10-20H2,1-9H3,(H,35,39);6-7,9H,4-5H2,1-3H3/t21-,22-,23+,24-,25+,26+,29+,30-,31-,33+,34-;6-,7?,8+/m10/s1. The molecule has 0 aromatic heterocycles. The minimum absolute atomic E-state index is 0.0106. The first-order valence-corrected chi connectivity index (χ1v) is 21.3. The van der Waals surface area contributed by atoms with Gasteiger partial charge in [0.15, 0.2) is 6.29 Å². The number of amides is 3. The number of carbonyl (C=O) groups excluding carboxylic acids is 3. The third kappa shape index (κ3) is 13.3. The highest BCUT2D eigenvalue weighted by Crippen LogP contribution is 2.37. The molecule has 14 atom stereocenters. The van der Waals surface area contributed by atoms with E-state index in [0.717, 1.165) is 19.3 Å². The Morgan fingerprint density at radius 3 is 2.40 bits per heavy atom. The number of likely N-dealkylation sites (N-methyl/N-ethyl adjacent to an activating group) is 1. The molecular weight excluding hydrogens is 736 g/mol.